The Morgan fingerprint density at radius 3 is 2.59 bits per heavy atom. The third-order valence-corrected chi connectivity index (χ3v) is 4.77. The second-order valence-corrected chi connectivity index (χ2v) is 7.95. The summed E-state index contributed by atoms with van der Waals surface area (Å²) in [5, 5.41) is 0. The van der Waals surface area contributed by atoms with E-state index in [9.17, 15) is 4.79 Å². The minimum Gasteiger partial charge on any atom is -0.465 e. The first-order chi connectivity index (χ1) is 12.8. The number of ether oxygens (including phenoxy) is 1. The van der Waals surface area contributed by atoms with Gasteiger partial charge in [-0.05, 0) is 54.0 Å². The number of aromatic nitrogens is 1. The van der Waals surface area contributed by atoms with Gasteiger partial charge in [-0.15, -0.1) is 0 Å². The molecule has 4 heteroatoms. The SMILES string of the molecule is COC(=O)c1cc(C)cc(-c2cc(C3=CCN=C(C(C)(C)C)C3)ccn2)c1. The van der Waals surface area contributed by atoms with E-state index in [1.807, 2.05) is 37.4 Å². The van der Waals surface area contributed by atoms with Crippen LogP contribution in [0.15, 0.2) is 47.6 Å². The van der Waals surface area contributed by atoms with Crippen molar-refractivity contribution in [2.24, 2.45) is 10.4 Å². The van der Waals surface area contributed by atoms with Gasteiger partial charge in [0.1, 0.15) is 0 Å². The number of pyridine rings is 1. The van der Waals surface area contributed by atoms with Crippen LogP contribution in [0.3, 0.4) is 0 Å². The molecule has 0 N–H and O–H groups in total. The Morgan fingerprint density at radius 2 is 1.89 bits per heavy atom. The van der Waals surface area contributed by atoms with E-state index in [0.717, 1.165) is 35.3 Å². The molecule has 140 valence electrons. The summed E-state index contributed by atoms with van der Waals surface area (Å²) in [4.78, 5) is 21.1. The number of hydrogen-bond donors (Lipinski definition) is 0. The first kappa shape index (κ1) is 19.0. The maximum absolute atomic E-state index is 11.9. The maximum atomic E-state index is 11.9. The lowest BCUT2D eigenvalue weighted by Gasteiger charge is -2.25. The summed E-state index contributed by atoms with van der Waals surface area (Å²) in [7, 11) is 1.40. The number of benzene rings is 1. The van der Waals surface area contributed by atoms with Crippen LogP contribution in [0.4, 0.5) is 0 Å². The number of carbonyl (C=O) groups is 1. The molecule has 0 radical (unpaired) electrons. The lowest BCUT2D eigenvalue weighted by Crippen LogP contribution is -2.23. The lowest BCUT2D eigenvalue weighted by molar-refractivity contribution is 0.0600. The van der Waals surface area contributed by atoms with Crippen LogP contribution in [-0.2, 0) is 4.74 Å². The summed E-state index contributed by atoms with van der Waals surface area (Å²) >= 11 is 0. The molecule has 0 amide bonds. The third kappa shape index (κ3) is 4.33. The van der Waals surface area contributed by atoms with E-state index >= 15 is 0 Å². The fraction of sp³-hybridized carbons (Fsp3) is 0.348. The molecule has 0 atom stereocenters. The van der Waals surface area contributed by atoms with Gasteiger partial charge in [0.25, 0.3) is 0 Å². The van der Waals surface area contributed by atoms with Crippen molar-refractivity contribution in [2.75, 3.05) is 13.7 Å². The van der Waals surface area contributed by atoms with Crippen LogP contribution in [0.2, 0.25) is 0 Å². The molecule has 2 heterocycles. The number of hydrogen-bond acceptors (Lipinski definition) is 4. The molecule has 1 aliphatic heterocycles. The molecule has 0 saturated heterocycles. The number of nitrogens with zero attached hydrogens (tertiary/aromatic N) is 2. The van der Waals surface area contributed by atoms with Crippen LogP contribution in [0, 0.1) is 12.3 Å². The molecule has 1 aromatic heterocycles. The lowest BCUT2D eigenvalue weighted by atomic mass is 9.83. The zero-order valence-corrected chi connectivity index (χ0v) is 16.7. The Bertz CT molecular complexity index is 934. The van der Waals surface area contributed by atoms with Gasteiger partial charge >= 0.3 is 5.97 Å². The molecule has 1 aromatic carbocycles. The summed E-state index contributed by atoms with van der Waals surface area (Å²) in [6.07, 6.45) is 4.87. The highest BCUT2D eigenvalue weighted by molar-refractivity contribution is 5.99. The summed E-state index contributed by atoms with van der Waals surface area (Å²) < 4.78 is 4.86. The minimum absolute atomic E-state index is 0.0708. The predicted molar refractivity (Wildman–Crippen MR) is 110 cm³/mol. The highest BCUT2D eigenvalue weighted by Crippen LogP contribution is 2.31. The summed E-state index contributed by atoms with van der Waals surface area (Å²) in [5.41, 5.74) is 7.03. The van der Waals surface area contributed by atoms with E-state index < -0.39 is 0 Å². The van der Waals surface area contributed by atoms with Crippen molar-refractivity contribution in [3.63, 3.8) is 0 Å². The first-order valence-corrected chi connectivity index (χ1v) is 9.17. The molecular weight excluding hydrogens is 336 g/mol. The van der Waals surface area contributed by atoms with E-state index in [-0.39, 0.29) is 11.4 Å². The molecule has 0 unspecified atom stereocenters. The Labute approximate surface area is 161 Å². The van der Waals surface area contributed by atoms with Crippen molar-refractivity contribution < 1.29 is 9.53 Å². The molecule has 0 aliphatic carbocycles. The smallest absolute Gasteiger partial charge is 0.337 e. The molecule has 0 fully saturated rings. The normalized spacial score (nSPS) is 14.4. The molecule has 3 rings (SSSR count). The molecule has 27 heavy (non-hydrogen) atoms. The molecule has 0 saturated carbocycles. The van der Waals surface area contributed by atoms with Gasteiger partial charge in [-0.25, -0.2) is 4.79 Å². The van der Waals surface area contributed by atoms with E-state index in [0.29, 0.717) is 5.56 Å². The molecule has 1 aliphatic rings. The van der Waals surface area contributed by atoms with Crippen molar-refractivity contribution in [1.29, 1.82) is 0 Å². The zero-order valence-electron chi connectivity index (χ0n) is 16.7. The Kier molecular flexibility index (Phi) is 5.26. The Balaban J connectivity index is 1.94. The van der Waals surface area contributed by atoms with E-state index in [1.165, 1.54) is 18.4 Å². The summed E-state index contributed by atoms with van der Waals surface area (Å²) in [6, 6.07) is 9.83. The van der Waals surface area contributed by atoms with Gasteiger partial charge in [0, 0.05) is 29.3 Å². The fourth-order valence-corrected chi connectivity index (χ4v) is 3.25. The fourth-order valence-electron chi connectivity index (χ4n) is 3.25. The Hall–Kier alpha value is -2.75. The van der Waals surface area contributed by atoms with Crippen molar-refractivity contribution >= 4 is 17.3 Å². The van der Waals surface area contributed by atoms with Gasteiger partial charge < -0.3 is 4.74 Å². The van der Waals surface area contributed by atoms with Gasteiger partial charge in [0.15, 0.2) is 0 Å². The summed E-state index contributed by atoms with van der Waals surface area (Å²) in [5.74, 6) is -0.336. The predicted octanol–water partition coefficient (Wildman–Crippen LogP) is 5.12. The van der Waals surface area contributed by atoms with Gasteiger partial charge in [-0.2, -0.15) is 0 Å². The number of rotatable bonds is 3. The van der Waals surface area contributed by atoms with Crippen LogP contribution in [0.1, 0.15) is 48.7 Å². The van der Waals surface area contributed by atoms with Crippen LogP contribution >= 0.6 is 0 Å². The average molecular weight is 362 g/mol. The second kappa shape index (κ2) is 7.47. The number of esters is 1. The van der Waals surface area contributed by atoms with Gasteiger partial charge in [0.2, 0.25) is 0 Å². The zero-order chi connectivity index (χ0) is 19.6. The van der Waals surface area contributed by atoms with Gasteiger partial charge in [0.05, 0.1) is 24.9 Å². The number of allylic oxidation sites excluding steroid dienone is 1. The molecule has 2 aromatic rings. The summed E-state index contributed by atoms with van der Waals surface area (Å²) in [6.45, 7) is 9.29. The first-order valence-electron chi connectivity index (χ1n) is 9.17. The highest BCUT2D eigenvalue weighted by Gasteiger charge is 2.22. The molecule has 0 bridgehead atoms. The monoisotopic (exact) mass is 362 g/mol. The van der Waals surface area contributed by atoms with Gasteiger partial charge in [-0.3, -0.25) is 9.98 Å². The molecule has 4 nitrogen and oxygen atoms in total. The number of dihydropyridines is 1. The highest BCUT2D eigenvalue weighted by atomic mass is 16.5. The topological polar surface area (TPSA) is 51.5 Å². The number of carbonyl (C=O) groups excluding carboxylic acids is 1. The number of aliphatic imine (C=N–C) groups is 1. The molecule has 0 spiro atoms. The standard InChI is InChI=1S/C23H26N2O2/c1-15-10-18(12-19(11-15)22(26)27-5)20-13-16(6-8-24-20)17-7-9-25-21(14-17)23(2,3)4/h6-8,10-13H,9,14H2,1-5H3. The van der Waals surface area contributed by atoms with Crippen LogP contribution < -0.4 is 0 Å². The van der Waals surface area contributed by atoms with Crippen molar-refractivity contribution in [3.05, 3.63) is 59.3 Å². The Morgan fingerprint density at radius 1 is 1.11 bits per heavy atom. The van der Waals surface area contributed by atoms with Crippen LogP contribution in [0.25, 0.3) is 16.8 Å². The third-order valence-electron chi connectivity index (χ3n) is 4.77. The van der Waals surface area contributed by atoms with Crippen LogP contribution in [0.5, 0.6) is 0 Å². The molecular formula is C23H26N2O2. The van der Waals surface area contributed by atoms with E-state index in [4.69, 9.17) is 4.74 Å². The second-order valence-electron chi connectivity index (χ2n) is 7.95. The average Bonchev–Trinajstić information content (AvgIpc) is 2.66. The largest absolute Gasteiger partial charge is 0.465 e. The quantitative estimate of drug-likeness (QED) is 0.712. The number of methoxy groups -OCH3 is 1. The van der Waals surface area contributed by atoms with Crippen molar-refractivity contribution in [3.8, 4) is 11.3 Å². The number of aryl methyl sites for hydroxylation is 1. The maximum Gasteiger partial charge on any atom is 0.337 e. The van der Waals surface area contributed by atoms with Crippen molar-refractivity contribution in [1.82, 2.24) is 4.98 Å². The van der Waals surface area contributed by atoms with E-state index in [1.54, 1.807) is 0 Å². The van der Waals surface area contributed by atoms with E-state index in [2.05, 4.69) is 42.9 Å². The van der Waals surface area contributed by atoms with Crippen LogP contribution in [-0.4, -0.2) is 30.3 Å². The van der Waals surface area contributed by atoms with Gasteiger partial charge in [-0.1, -0.05) is 26.8 Å². The minimum atomic E-state index is -0.336. The van der Waals surface area contributed by atoms with Crippen molar-refractivity contribution in [2.45, 2.75) is 34.1 Å².